The molecule has 2 aromatic rings. The monoisotopic (exact) mass is 282 g/mol. The summed E-state index contributed by atoms with van der Waals surface area (Å²) < 4.78 is 0. The molecule has 0 spiro atoms. The summed E-state index contributed by atoms with van der Waals surface area (Å²) >= 11 is 0. The zero-order chi connectivity index (χ0) is 15.2. The first-order valence-corrected chi connectivity index (χ1v) is 7.23. The number of rotatable bonds is 5. The van der Waals surface area contributed by atoms with Gasteiger partial charge in [-0.25, -0.2) is 0 Å². The van der Waals surface area contributed by atoms with E-state index < -0.39 is 0 Å². The normalized spacial score (nSPS) is 11.9. The van der Waals surface area contributed by atoms with Crippen LogP contribution in [0.4, 0.5) is 5.69 Å². The molecule has 3 heteroatoms. The Labute approximate surface area is 126 Å². The van der Waals surface area contributed by atoms with Crippen LogP contribution in [0.1, 0.15) is 30.5 Å². The van der Waals surface area contributed by atoms with Gasteiger partial charge < -0.3 is 10.6 Å². The van der Waals surface area contributed by atoms with Gasteiger partial charge in [-0.2, -0.15) is 0 Å². The maximum absolute atomic E-state index is 12.3. The number of hydrogen-bond donors (Lipinski definition) is 1. The number of benzene rings is 2. The van der Waals surface area contributed by atoms with Crippen LogP contribution in [0, 0.1) is 0 Å². The van der Waals surface area contributed by atoms with Gasteiger partial charge in [0.15, 0.2) is 0 Å². The average Bonchev–Trinajstić information content (AvgIpc) is 2.53. The second-order valence-electron chi connectivity index (χ2n) is 5.29. The van der Waals surface area contributed by atoms with Crippen molar-refractivity contribution in [3.8, 4) is 0 Å². The third-order valence-electron chi connectivity index (χ3n) is 3.92. The van der Waals surface area contributed by atoms with Crippen molar-refractivity contribution in [3.05, 3.63) is 65.7 Å². The van der Waals surface area contributed by atoms with Crippen LogP contribution in [0.3, 0.4) is 0 Å². The Balaban J connectivity index is 1.95. The summed E-state index contributed by atoms with van der Waals surface area (Å²) in [5.41, 5.74) is 8.84. The molecule has 1 amide bonds. The van der Waals surface area contributed by atoms with E-state index in [1.165, 1.54) is 0 Å². The molecule has 0 bridgehead atoms. The summed E-state index contributed by atoms with van der Waals surface area (Å²) in [7, 11) is 1.86. The molecule has 0 aliphatic heterocycles. The number of para-hydroxylation sites is 1. The maximum atomic E-state index is 12.3. The summed E-state index contributed by atoms with van der Waals surface area (Å²) in [6, 6.07) is 17.8. The van der Waals surface area contributed by atoms with Crippen LogP contribution in [0.15, 0.2) is 54.6 Å². The Morgan fingerprint density at radius 1 is 1.10 bits per heavy atom. The molecular weight excluding hydrogens is 260 g/mol. The van der Waals surface area contributed by atoms with E-state index in [4.69, 9.17) is 5.73 Å². The number of hydrogen-bond acceptors (Lipinski definition) is 2. The molecular formula is C18H22N2O. The van der Waals surface area contributed by atoms with Crippen molar-refractivity contribution in [1.29, 1.82) is 0 Å². The molecule has 2 aromatic carbocycles. The third kappa shape index (κ3) is 3.85. The lowest BCUT2D eigenvalue weighted by atomic mass is 10.0. The van der Waals surface area contributed by atoms with Gasteiger partial charge in [0.1, 0.15) is 0 Å². The Kier molecular flexibility index (Phi) is 4.99. The van der Waals surface area contributed by atoms with Crippen molar-refractivity contribution in [3.63, 3.8) is 0 Å². The maximum Gasteiger partial charge on any atom is 0.223 e. The van der Waals surface area contributed by atoms with Crippen LogP contribution in [0.5, 0.6) is 0 Å². The van der Waals surface area contributed by atoms with E-state index in [2.05, 4.69) is 0 Å². The van der Waals surface area contributed by atoms with Gasteiger partial charge in [0.25, 0.3) is 0 Å². The van der Waals surface area contributed by atoms with Gasteiger partial charge in [-0.1, -0.05) is 48.5 Å². The lowest BCUT2D eigenvalue weighted by Crippen LogP contribution is -2.29. The predicted octanol–water partition coefficient (Wildman–Crippen LogP) is 3.42. The molecule has 3 nitrogen and oxygen atoms in total. The average molecular weight is 282 g/mol. The van der Waals surface area contributed by atoms with Gasteiger partial charge in [-0.05, 0) is 30.5 Å². The van der Waals surface area contributed by atoms with Crippen LogP contribution in [-0.4, -0.2) is 17.9 Å². The number of carbonyl (C=O) groups is 1. The van der Waals surface area contributed by atoms with Gasteiger partial charge in [-0.15, -0.1) is 0 Å². The first-order valence-electron chi connectivity index (χ1n) is 7.23. The molecule has 0 saturated heterocycles. The van der Waals surface area contributed by atoms with Crippen molar-refractivity contribution < 1.29 is 4.79 Å². The van der Waals surface area contributed by atoms with E-state index in [-0.39, 0.29) is 11.9 Å². The number of aryl methyl sites for hydroxylation is 1. The molecule has 21 heavy (non-hydrogen) atoms. The highest BCUT2D eigenvalue weighted by molar-refractivity contribution is 5.77. The number of nitrogens with zero attached hydrogens (tertiary/aromatic N) is 1. The number of nitrogen functional groups attached to an aromatic ring is 1. The zero-order valence-corrected chi connectivity index (χ0v) is 12.6. The van der Waals surface area contributed by atoms with E-state index in [0.717, 1.165) is 16.8 Å². The van der Waals surface area contributed by atoms with Crippen LogP contribution in [0.2, 0.25) is 0 Å². The summed E-state index contributed by atoms with van der Waals surface area (Å²) in [6.45, 7) is 2.05. The lowest BCUT2D eigenvalue weighted by Gasteiger charge is -2.25. The van der Waals surface area contributed by atoms with E-state index in [1.807, 2.05) is 68.6 Å². The minimum atomic E-state index is 0.0758. The zero-order valence-electron chi connectivity index (χ0n) is 12.6. The minimum absolute atomic E-state index is 0.0758. The van der Waals surface area contributed by atoms with E-state index in [1.54, 1.807) is 4.90 Å². The Morgan fingerprint density at radius 3 is 2.38 bits per heavy atom. The number of nitrogens with two attached hydrogens (primary N) is 1. The molecule has 0 saturated carbocycles. The first-order chi connectivity index (χ1) is 10.1. The molecule has 110 valence electrons. The van der Waals surface area contributed by atoms with Crippen LogP contribution >= 0.6 is 0 Å². The lowest BCUT2D eigenvalue weighted by molar-refractivity contribution is -0.131. The highest BCUT2D eigenvalue weighted by Crippen LogP contribution is 2.20. The molecule has 0 aliphatic rings. The standard InChI is InChI=1S/C18H22N2O/c1-14(15-8-4-3-5-9-15)20(2)18(21)13-12-16-10-6-7-11-17(16)19/h3-11,14H,12-13,19H2,1-2H3. The van der Waals surface area contributed by atoms with Crippen molar-refractivity contribution in [1.82, 2.24) is 4.90 Å². The first kappa shape index (κ1) is 15.1. The van der Waals surface area contributed by atoms with Gasteiger partial charge in [0, 0.05) is 19.2 Å². The smallest absolute Gasteiger partial charge is 0.223 e. The number of amides is 1. The molecule has 0 fully saturated rings. The summed E-state index contributed by atoms with van der Waals surface area (Å²) in [4.78, 5) is 14.1. The number of anilines is 1. The fraction of sp³-hybridized carbons (Fsp3) is 0.278. The second kappa shape index (κ2) is 6.93. The molecule has 0 aromatic heterocycles. The fourth-order valence-electron chi connectivity index (χ4n) is 2.35. The van der Waals surface area contributed by atoms with E-state index in [9.17, 15) is 4.79 Å². The Bertz CT molecular complexity index is 595. The predicted molar refractivity (Wildman–Crippen MR) is 86.8 cm³/mol. The fourth-order valence-corrected chi connectivity index (χ4v) is 2.35. The summed E-state index contributed by atoms with van der Waals surface area (Å²) in [6.07, 6.45) is 1.15. The van der Waals surface area contributed by atoms with Crippen molar-refractivity contribution in [2.75, 3.05) is 12.8 Å². The van der Waals surface area contributed by atoms with E-state index in [0.29, 0.717) is 12.8 Å². The van der Waals surface area contributed by atoms with Crippen molar-refractivity contribution >= 4 is 11.6 Å². The Hall–Kier alpha value is -2.29. The van der Waals surface area contributed by atoms with Gasteiger partial charge in [0.05, 0.1) is 6.04 Å². The quantitative estimate of drug-likeness (QED) is 0.854. The minimum Gasteiger partial charge on any atom is -0.399 e. The number of carbonyl (C=O) groups excluding carboxylic acids is 1. The highest BCUT2D eigenvalue weighted by Gasteiger charge is 2.17. The van der Waals surface area contributed by atoms with Crippen LogP contribution < -0.4 is 5.73 Å². The molecule has 0 radical (unpaired) electrons. The van der Waals surface area contributed by atoms with Crippen LogP contribution in [0.25, 0.3) is 0 Å². The summed E-state index contributed by atoms with van der Waals surface area (Å²) in [5.74, 6) is 0.134. The topological polar surface area (TPSA) is 46.3 Å². The molecule has 0 heterocycles. The molecule has 1 atom stereocenters. The highest BCUT2D eigenvalue weighted by atomic mass is 16.2. The van der Waals surface area contributed by atoms with Gasteiger partial charge >= 0.3 is 0 Å². The molecule has 1 unspecified atom stereocenters. The molecule has 0 aliphatic carbocycles. The molecule has 2 N–H and O–H groups in total. The molecule has 2 rings (SSSR count). The Morgan fingerprint density at radius 2 is 1.71 bits per heavy atom. The third-order valence-corrected chi connectivity index (χ3v) is 3.92. The SMILES string of the molecule is CC(c1ccccc1)N(C)C(=O)CCc1ccccc1N. The van der Waals surface area contributed by atoms with Crippen molar-refractivity contribution in [2.24, 2.45) is 0 Å². The summed E-state index contributed by atoms with van der Waals surface area (Å²) in [5, 5.41) is 0. The van der Waals surface area contributed by atoms with Gasteiger partial charge in [0.2, 0.25) is 5.91 Å². The second-order valence-corrected chi connectivity index (χ2v) is 5.29. The van der Waals surface area contributed by atoms with Crippen LogP contribution in [-0.2, 0) is 11.2 Å². The van der Waals surface area contributed by atoms with Crippen molar-refractivity contribution in [2.45, 2.75) is 25.8 Å². The largest absolute Gasteiger partial charge is 0.399 e. The van der Waals surface area contributed by atoms with Gasteiger partial charge in [-0.3, -0.25) is 4.79 Å². The van der Waals surface area contributed by atoms with E-state index >= 15 is 0 Å².